The van der Waals surface area contributed by atoms with Crippen molar-refractivity contribution in [1.82, 2.24) is 4.98 Å². The third kappa shape index (κ3) is 4.50. The molecule has 126 valence electrons. The first-order valence-corrected chi connectivity index (χ1v) is 8.38. The van der Waals surface area contributed by atoms with Crippen LogP contribution >= 0.6 is 23.2 Å². The van der Waals surface area contributed by atoms with Gasteiger partial charge in [0.1, 0.15) is 5.82 Å². The van der Waals surface area contributed by atoms with Gasteiger partial charge in [-0.1, -0.05) is 59.6 Å². The fourth-order valence-corrected chi connectivity index (χ4v) is 2.72. The number of halogens is 2. The highest BCUT2D eigenvalue weighted by atomic mass is 35.5. The van der Waals surface area contributed by atoms with Gasteiger partial charge in [-0.3, -0.25) is 4.79 Å². The molecule has 4 nitrogen and oxygen atoms in total. The van der Waals surface area contributed by atoms with Crippen LogP contribution in [0.15, 0.2) is 66.9 Å². The molecule has 0 radical (unpaired) electrons. The SMILES string of the molecule is O=C(Nc1c(Cl)cccc1Cl)c1ccc(NCc2ccccc2)nc1. The summed E-state index contributed by atoms with van der Waals surface area (Å²) in [7, 11) is 0. The van der Waals surface area contributed by atoms with Crippen LogP contribution in [0.5, 0.6) is 0 Å². The lowest BCUT2D eigenvalue weighted by atomic mass is 10.2. The normalized spacial score (nSPS) is 10.3. The summed E-state index contributed by atoms with van der Waals surface area (Å²) in [6.45, 7) is 0.661. The molecule has 1 amide bonds. The average Bonchev–Trinajstić information content (AvgIpc) is 2.64. The minimum Gasteiger partial charge on any atom is -0.366 e. The summed E-state index contributed by atoms with van der Waals surface area (Å²) in [5, 5.41) is 6.69. The van der Waals surface area contributed by atoms with Crippen LogP contribution in [0.3, 0.4) is 0 Å². The quantitative estimate of drug-likeness (QED) is 0.643. The Morgan fingerprint density at radius 2 is 1.64 bits per heavy atom. The Bertz CT molecular complexity index is 847. The molecule has 0 aliphatic rings. The lowest BCUT2D eigenvalue weighted by Gasteiger charge is -2.10. The molecule has 0 aliphatic heterocycles. The highest BCUT2D eigenvalue weighted by Crippen LogP contribution is 2.30. The second-order valence-corrected chi connectivity index (χ2v) is 6.14. The number of benzene rings is 2. The van der Waals surface area contributed by atoms with Crippen LogP contribution in [0.2, 0.25) is 10.0 Å². The molecule has 6 heteroatoms. The number of para-hydroxylation sites is 1. The Hall–Kier alpha value is -2.56. The van der Waals surface area contributed by atoms with E-state index in [9.17, 15) is 4.79 Å². The summed E-state index contributed by atoms with van der Waals surface area (Å²) in [4.78, 5) is 16.6. The van der Waals surface area contributed by atoms with Gasteiger partial charge < -0.3 is 10.6 Å². The Morgan fingerprint density at radius 3 is 2.28 bits per heavy atom. The van der Waals surface area contributed by atoms with Crippen LogP contribution in [0.25, 0.3) is 0 Å². The summed E-state index contributed by atoms with van der Waals surface area (Å²) in [5.41, 5.74) is 1.96. The van der Waals surface area contributed by atoms with Gasteiger partial charge in [0, 0.05) is 12.7 Å². The van der Waals surface area contributed by atoms with Crippen LogP contribution in [-0.4, -0.2) is 10.9 Å². The zero-order valence-corrected chi connectivity index (χ0v) is 14.7. The Balaban J connectivity index is 1.64. The van der Waals surface area contributed by atoms with Gasteiger partial charge in [-0.25, -0.2) is 4.98 Å². The third-order valence-electron chi connectivity index (χ3n) is 3.54. The summed E-state index contributed by atoms with van der Waals surface area (Å²) < 4.78 is 0. The number of anilines is 2. The van der Waals surface area contributed by atoms with E-state index in [4.69, 9.17) is 23.2 Å². The molecule has 25 heavy (non-hydrogen) atoms. The smallest absolute Gasteiger partial charge is 0.257 e. The first kappa shape index (κ1) is 17.3. The molecule has 0 bridgehead atoms. The number of carbonyl (C=O) groups excluding carboxylic acids is 1. The highest BCUT2D eigenvalue weighted by molar-refractivity contribution is 6.40. The molecule has 0 saturated heterocycles. The Labute approximate surface area is 155 Å². The van der Waals surface area contributed by atoms with E-state index in [1.807, 2.05) is 30.3 Å². The van der Waals surface area contributed by atoms with Gasteiger partial charge in [-0.05, 0) is 29.8 Å². The number of nitrogens with one attached hydrogen (secondary N) is 2. The molecule has 2 aromatic carbocycles. The molecular weight excluding hydrogens is 357 g/mol. The van der Waals surface area contributed by atoms with Gasteiger partial charge in [-0.15, -0.1) is 0 Å². The Kier molecular flexibility index (Phi) is 5.53. The van der Waals surface area contributed by atoms with E-state index < -0.39 is 0 Å². The maximum absolute atomic E-state index is 12.3. The zero-order valence-electron chi connectivity index (χ0n) is 13.2. The average molecular weight is 372 g/mol. The number of pyridine rings is 1. The van der Waals surface area contributed by atoms with E-state index in [2.05, 4.69) is 15.6 Å². The van der Waals surface area contributed by atoms with Crippen molar-refractivity contribution in [3.63, 3.8) is 0 Å². The first-order valence-electron chi connectivity index (χ1n) is 7.63. The predicted octanol–water partition coefficient (Wildman–Crippen LogP) is 5.25. The minimum atomic E-state index is -0.322. The fourth-order valence-electron chi connectivity index (χ4n) is 2.22. The molecule has 1 aromatic heterocycles. The molecule has 0 saturated carbocycles. The number of hydrogen-bond acceptors (Lipinski definition) is 3. The van der Waals surface area contributed by atoms with Crippen LogP contribution in [-0.2, 0) is 6.54 Å². The molecule has 3 rings (SSSR count). The maximum atomic E-state index is 12.3. The second kappa shape index (κ2) is 8.01. The first-order chi connectivity index (χ1) is 12.1. The van der Waals surface area contributed by atoms with E-state index in [0.717, 1.165) is 5.56 Å². The second-order valence-electron chi connectivity index (χ2n) is 5.32. The van der Waals surface area contributed by atoms with Gasteiger partial charge in [-0.2, -0.15) is 0 Å². The van der Waals surface area contributed by atoms with Gasteiger partial charge in [0.2, 0.25) is 0 Å². The monoisotopic (exact) mass is 371 g/mol. The Morgan fingerprint density at radius 1 is 0.920 bits per heavy atom. The molecule has 0 spiro atoms. The summed E-state index contributed by atoms with van der Waals surface area (Å²) in [6, 6.07) is 18.5. The minimum absolute atomic E-state index is 0.322. The molecule has 0 unspecified atom stereocenters. The summed E-state index contributed by atoms with van der Waals surface area (Å²) in [6.07, 6.45) is 1.51. The third-order valence-corrected chi connectivity index (χ3v) is 4.17. The van der Waals surface area contributed by atoms with Gasteiger partial charge >= 0.3 is 0 Å². The highest BCUT2D eigenvalue weighted by Gasteiger charge is 2.11. The number of aromatic nitrogens is 1. The van der Waals surface area contributed by atoms with Crippen LogP contribution < -0.4 is 10.6 Å². The van der Waals surface area contributed by atoms with Crippen molar-refractivity contribution < 1.29 is 4.79 Å². The largest absolute Gasteiger partial charge is 0.366 e. The van der Waals surface area contributed by atoms with E-state index in [1.54, 1.807) is 30.3 Å². The van der Waals surface area contributed by atoms with E-state index in [0.29, 0.717) is 33.7 Å². The molecule has 2 N–H and O–H groups in total. The molecular formula is C19H15Cl2N3O. The van der Waals surface area contributed by atoms with Crippen molar-refractivity contribution in [3.05, 3.63) is 88.0 Å². The number of hydrogen-bond donors (Lipinski definition) is 2. The molecule has 0 atom stereocenters. The van der Waals surface area contributed by atoms with Crippen LogP contribution in [0.4, 0.5) is 11.5 Å². The molecule has 1 heterocycles. The zero-order chi connectivity index (χ0) is 17.6. The number of carbonyl (C=O) groups is 1. The summed E-state index contributed by atoms with van der Waals surface area (Å²) in [5.74, 6) is 0.369. The predicted molar refractivity (Wildman–Crippen MR) is 102 cm³/mol. The topological polar surface area (TPSA) is 54.0 Å². The van der Waals surface area contributed by atoms with Crippen molar-refractivity contribution in [1.29, 1.82) is 0 Å². The van der Waals surface area contributed by atoms with Crippen molar-refractivity contribution in [2.45, 2.75) is 6.54 Å². The molecule has 3 aromatic rings. The lowest BCUT2D eigenvalue weighted by molar-refractivity contribution is 0.102. The van der Waals surface area contributed by atoms with Crippen LogP contribution in [0, 0.1) is 0 Å². The lowest BCUT2D eigenvalue weighted by Crippen LogP contribution is -2.13. The van der Waals surface area contributed by atoms with Crippen molar-refractivity contribution in [3.8, 4) is 0 Å². The van der Waals surface area contributed by atoms with Gasteiger partial charge in [0.15, 0.2) is 0 Å². The number of amides is 1. The molecule has 0 fully saturated rings. The van der Waals surface area contributed by atoms with Crippen molar-refractivity contribution in [2.75, 3.05) is 10.6 Å². The maximum Gasteiger partial charge on any atom is 0.257 e. The van der Waals surface area contributed by atoms with Crippen LogP contribution in [0.1, 0.15) is 15.9 Å². The van der Waals surface area contributed by atoms with Crippen molar-refractivity contribution >= 4 is 40.6 Å². The summed E-state index contributed by atoms with van der Waals surface area (Å²) >= 11 is 12.1. The standard InChI is InChI=1S/C19H15Cl2N3O/c20-15-7-4-8-16(21)18(15)24-19(25)14-9-10-17(23-12-14)22-11-13-5-2-1-3-6-13/h1-10,12H,11H2,(H,22,23)(H,24,25). The number of nitrogens with zero attached hydrogens (tertiary/aromatic N) is 1. The van der Waals surface area contributed by atoms with E-state index in [1.165, 1.54) is 6.20 Å². The van der Waals surface area contributed by atoms with Gasteiger partial charge in [0.25, 0.3) is 5.91 Å². The molecule has 0 aliphatic carbocycles. The van der Waals surface area contributed by atoms with E-state index >= 15 is 0 Å². The van der Waals surface area contributed by atoms with E-state index in [-0.39, 0.29) is 5.91 Å². The fraction of sp³-hybridized carbons (Fsp3) is 0.0526. The van der Waals surface area contributed by atoms with Gasteiger partial charge in [0.05, 0.1) is 21.3 Å². The van der Waals surface area contributed by atoms with Crippen molar-refractivity contribution in [2.24, 2.45) is 0 Å². The number of rotatable bonds is 5.